The first-order valence-electron chi connectivity index (χ1n) is 6.78. The van der Waals surface area contributed by atoms with Crippen molar-refractivity contribution < 1.29 is 8.42 Å². The third kappa shape index (κ3) is 4.94. The van der Waals surface area contributed by atoms with Crippen molar-refractivity contribution in [3.05, 3.63) is 0 Å². The fraction of sp³-hybridized carbons (Fsp3) is 1.00. The Morgan fingerprint density at radius 3 is 2.18 bits per heavy atom. The predicted octanol–water partition coefficient (Wildman–Crippen LogP) is 1.24. The molecule has 0 aliphatic heterocycles. The first kappa shape index (κ1) is 13.3. The van der Waals surface area contributed by atoms with Crippen LogP contribution in [0.3, 0.4) is 0 Å². The molecule has 0 aromatic rings. The summed E-state index contributed by atoms with van der Waals surface area (Å²) in [7, 11) is -3.08. The van der Waals surface area contributed by atoms with Gasteiger partial charge in [0.2, 0.25) is 10.0 Å². The van der Waals surface area contributed by atoms with Crippen LogP contribution in [0.25, 0.3) is 0 Å². The minimum absolute atomic E-state index is 0.178. The van der Waals surface area contributed by atoms with E-state index in [1.807, 2.05) is 0 Å². The number of rotatable bonds is 6. The second-order valence-corrected chi connectivity index (χ2v) is 7.50. The predicted molar refractivity (Wildman–Crippen MR) is 69.4 cm³/mol. The van der Waals surface area contributed by atoms with Gasteiger partial charge in [0.05, 0.1) is 5.75 Å². The fourth-order valence-electron chi connectivity index (χ4n) is 2.38. The van der Waals surface area contributed by atoms with E-state index in [2.05, 4.69) is 17.0 Å². The van der Waals surface area contributed by atoms with Crippen LogP contribution in [0.1, 0.15) is 45.4 Å². The van der Waals surface area contributed by atoms with Gasteiger partial charge in [-0.2, -0.15) is 0 Å². The molecule has 0 bridgehead atoms. The third-order valence-electron chi connectivity index (χ3n) is 3.74. The molecule has 0 heterocycles. The van der Waals surface area contributed by atoms with Gasteiger partial charge in [-0.3, -0.25) is 0 Å². The van der Waals surface area contributed by atoms with E-state index in [4.69, 9.17) is 0 Å². The molecule has 2 aliphatic carbocycles. The summed E-state index contributed by atoms with van der Waals surface area (Å²) in [5.41, 5.74) is 0. The first-order chi connectivity index (χ1) is 8.05. The van der Waals surface area contributed by atoms with Gasteiger partial charge in [0.15, 0.2) is 0 Å². The zero-order chi connectivity index (χ0) is 12.3. The van der Waals surface area contributed by atoms with Crippen molar-refractivity contribution in [3.8, 4) is 0 Å². The Hall–Kier alpha value is -0.130. The van der Waals surface area contributed by atoms with E-state index in [1.165, 1.54) is 12.8 Å². The number of hydrogen-bond donors (Lipinski definition) is 2. The number of nitrogens with one attached hydrogen (secondary N) is 2. The van der Waals surface area contributed by atoms with E-state index < -0.39 is 10.0 Å². The third-order valence-corrected chi connectivity index (χ3v) is 5.18. The van der Waals surface area contributed by atoms with Crippen molar-refractivity contribution >= 4 is 10.0 Å². The molecule has 0 atom stereocenters. The zero-order valence-corrected chi connectivity index (χ0v) is 11.4. The molecule has 2 N–H and O–H groups in total. The fourth-order valence-corrected chi connectivity index (χ4v) is 3.62. The standard InChI is InChI=1S/C12H24N2O2S/c1-10-2-4-12(5-3-10)14-17(15,16)9-8-13-11-6-7-11/h10-14H,2-9H2,1H3. The summed E-state index contributed by atoms with van der Waals surface area (Å²) in [5, 5.41) is 3.24. The van der Waals surface area contributed by atoms with Crippen molar-refractivity contribution in [2.24, 2.45) is 5.92 Å². The van der Waals surface area contributed by atoms with Crippen LogP contribution in [0.2, 0.25) is 0 Å². The highest BCUT2D eigenvalue weighted by atomic mass is 32.2. The van der Waals surface area contributed by atoms with E-state index in [9.17, 15) is 8.42 Å². The van der Waals surface area contributed by atoms with Crippen LogP contribution in [0.5, 0.6) is 0 Å². The molecule has 5 heteroatoms. The monoisotopic (exact) mass is 260 g/mol. The Morgan fingerprint density at radius 1 is 1.00 bits per heavy atom. The molecule has 2 rings (SSSR count). The van der Waals surface area contributed by atoms with Gasteiger partial charge in [0.1, 0.15) is 0 Å². The molecule has 2 saturated carbocycles. The largest absolute Gasteiger partial charge is 0.313 e. The van der Waals surface area contributed by atoms with Gasteiger partial charge < -0.3 is 5.32 Å². The maximum Gasteiger partial charge on any atom is 0.213 e. The molecule has 100 valence electrons. The van der Waals surface area contributed by atoms with Gasteiger partial charge in [0.25, 0.3) is 0 Å². The Kier molecular flexibility index (Phi) is 4.44. The minimum Gasteiger partial charge on any atom is -0.313 e. The molecule has 0 radical (unpaired) electrons. The van der Waals surface area contributed by atoms with Crippen LogP contribution < -0.4 is 10.0 Å². The maximum atomic E-state index is 11.8. The summed E-state index contributed by atoms with van der Waals surface area (Å²) in [6.07, 6.45) is 6.69. The molecule has 0 aromatic carbocycles. The van der Waals surface area contributed by atoms with Crippen LogP contribution >= 0.6 is 0 Å². The van der Waals surface area contributed by atoms with Crippen molar-refractivity contribution in [3.63, 3.8) is 0 Å². The highest BCUT2D eigenvalue weighted by molar-refractivity contribution is 7.89. The lowest BCUT2D eigenvalue weighted by atomic mass is 9.88. The summed E-state index contributed by atoms with van der Waals surface area (Å²) in [6, 6.07) is 0.762. The minimum atomic E-state index is -3.08. The van der Waals surface area contributed by atoms with Gasteiger partial charge in [-0.05, 0) is 44.4 Å². The summed E-state index contributed by atoms with van der Waals surface area (Å²) in [6.45, 7) is 2.83. The van der Waals surface area contributed by atoms with E-state index >= 15 is 0 Å². The normalized spacial score (nSPS) is 30.4. The van der Waals surface area contributed by atoms with E-state index in [-0.39, 0.29) is 11.8 Å². The van der Waals surface area contributed by atoms with Crippen molar-refractivity contribution in [1.29, 1.82) is 0 Å². The molecule has 0 unspecified atom stereocenters. The summed E-state index contributed by atoms with van der Waals surface area (Å²) in [4.78, 5) is 0. The van der Waals surface area contributed by atoms with Crippen LogP contribution in [0.4, 0.5) is 0 Å². The smallest absolute Gasteiger partial charge is 0.213 e. The molecular weight excluding hydrogens is 236 g/mol. The zero-order valence-electron chi connectivity index (χ0n) is 10.6. The molecule has 4 nitrogen and oxygen atoms in total. The summed E-state index contributed by atoms with van der Waals surface area (Å²) < 4.78 is 26.5. The van der Waals surface area contributed by atoms with Gasteiger partial charge in [-0.1, -0.05) is 6.92 Å². The van der Waals surface area contributed by atoms with Gasteiger partial charge in [-0.15, -0.1) is 0 Å². The lowest BCUT2D eigenvalue weighted by Crippen LogP contribution is -2.40. The Morgan fingerprint density at radius 2 is 1.59 bits per heavy atom. The quantitative estimate of drug-likeness (QED) is 0.755. The van der Waals surface area contributed by atoms with E-state index in [0.29, 0.717) is 12.6 Å². The highest BCUT2D eigenvalue weighted by Gasteiger charge is 2.24. The Labute approximate surface area is 105 Å². The van der Waals surface area contributed by atoms with E-state index in [0.717, 1.165) is 31.6 Å². The van der Waals surface area contributed by atoms with Crippen molar-refractivity contribution in [2.45, 2.75) is 57.5 Å². The van der Waals surface area contributed by atoms with Crippen LogP contribution in [0, 0.1) is 5.92 Å². The maximum absolute atomic E-state index is 11.8. The van der Waals surface area contributed by atoms with Crippen molar-refractivity contribution in [1.82, 2.24) is 10.0 Å². The van der Waals surface area contributed by atoms with Crippen LogP contribution in [-0.2, 0) is 10.0 Å². The van der Waals surface area contributed by atoms with Crippen molar-refractivity contribution in [2.75, 3.05) is 12.3 Å². The summed E-state index contributed by atoms with van der Waals surface area (Å²) >= 11 is 0. The SMILES string of the molecule is CC1CCC(NS(=O)(=O)CCNC2CC2)CC1. The summed E-state index contributed by atoms with van der Waals surface area (Å²) in [5.74, 6) is 0.975. The Balaban J connectivity index is 1.68. The van der Waals surface area contributed by atoms with Crippen LogP contribution in [0.15, 0.2) is 0 Å². The van der Waals surface area contributed by atoms with Crippen LogP contribution in [-0.4, -0.2) is 32.8 Å². The molecule has 0 spiro atoms. The molecule has 2 fully saturated rings. The second kappa shape index (κ2) is 5.67. The lowest BCUT2D eigenvalue weighted by molar-refractivity contribution is 0.332. The van der Waals surface area contributed by atoms with Gasteiger partial charge in [0, 0.05) is 18.6 Å². The molecule has 0 aromatic heterocycles. The molecule has 2 aliphatic rings. The first-order valence-corrected chi connectivity index (χ1v) is 8.44. The molecule has 0 saturated heterocycles. The average molecular weight is 260 g/mol. The molecular formula is C12H24N2O2S. The van der Waals surface area contributed by atoms with Gasteiger partial charge in [-0.25, -0.2) is 13.1 Å². The topological polar surface area (TPSA) is 58.2 Å². The molecule has 17 heavy (non-hydrogen) atoms. The van der Waals surface area contributed by atoms with Gasteiger partial charge >= 0.3 is 0 Å². The highest BCUT2D eigenvalue weighted by Crippen LogP contribution is 2.23. The second-order valence-electron chi connectivity index (χ2n) is 5.62. The lowest BCUT2D eigenvalue weighted by Gasteiger charge is -2.26. The Bertz CT molecular complexity index is 330. The average Bonchev–Trinajstić information content (AvgIpc) is 3.05. The molecule has 0 amide bonds. The van der Waals surface area contributed by atoms with E-state index in [1.54, 1.807) is 0 Å². The number of hydrogen-bond acceptors (Lipinski definition) is 3. The number of sulfonamides is 1.